The molecule has 0 saturated carbocycles. The van der Waals surface area contributed by atoms with E-state index in [1.54, 1.807) is 0 Å². The average molecular weight is 339 g/mol. The van der Waals surface area contributed by atoms with E-state index in [0.29, 0.717) is 12.4 Å². The number of carbonyl (C=O) groups is 1. The number of benzene rings is 1. The molecule has 0 aliphatic carbocycles. The maximum absolute atomic E-state index is 12.1. The Hall–Kier alpha value is -1.99. The van der Waals surface area contributed by atoms with Gasteiger partial charge < -0.3 is 11.1 Å². The number of nitrogens with one attached hydrogen (secondary N) is 1. The number of hydrogen-bond acceptors (Lipinski definition) is 5. The van der Waals surface area contributed by atoms with Crippen LogP contribution in [0.15, 0.2) is 30.3 Å². The summed E-state index contributed by atoms with van der Waals surface area (Å²) in [6.45, 7) is 6.36. The zero-order valence-corrected chi connectivity index (χ0v) is 14.4. The quantitative estimate of drug-likeness (QED) is 0.826. The third-order valence-electron chi connectivity index (χ3n) is 3.89. The number of carbonyl (C=O) groups excluding carboxylic acids is 1. The molecule has 1 atom stereocenters. The first-order valence-corrected chi connectivity index (χ1v) is 7.29. The Bertz CT molecular complexity index is 630. The molecule has 0 aliphatic rings. The number of rotatable bonds is 6. The van der Waals surface area contributed by atoms with Gasteiger partial charge in [-0.25, -0.2) is 0 Å². The van der Waals surface area contributed by atoms with E-state index in [1.807, 2.05) is 51.1 Å². The first-order chi connectivity index (χ1) is 10.4. The minimum atomic E-state index is -0.445. The monoisotopic (exact) mass is 338 g/mol. The lowest BCUT2D eigenvalue weighted by Crippen LogP contribution is -2.55. The Labute approximate surface area is 142 Å². The lowest BCUT2D eigenvalue weighted by atomic mass is 9.88. The molecule has 0 bridgehead atoms. The molecule has 1 aromatic heterocycles. The SMILES string of the molecule is CC(C)C(C)(CN)NC(=O)Cn1nnc(-c2ccccc2)n1.Cl. The van der Waals surface area contributed by atoms with Crippen LogP contribution in [0.3, 0.4) is 0 Å². The summed E-state index contributed by atoms with van der Waals surface area (Å²) in [4.78, 5) is 13.4. The molecule has 8 heteroatoms. The fraction of sp³-hybridized carbons (Fsp3) is 0.467. The highest BCUT2D eigenvalue weighted by molar-refractivity contribution is 5.85. The number of aromatic nitrogens is 4. The van der Waals surface area contributed by atoms with E-state index in [2.05, 4.69) is 20.7 Å². The lowest BCUT2D eigenvalue weighted by Gasteiger charge is -2.33. The summed E-state index contributed by atoms with van der Waals surface area (Å²) in [6.07, 6.45) is 0. The molecule has 1 unspecified atom stereocenters. The van der Waals surface area contributed by atoms with Gasteiger partial charge in [-0.15, -0.1) is 22.6 Å². The van der Waals surface area contributed by atoms with Gasteiger partial charge in [0.05, 0.1) is 5.54 Å². The van der Waals surface area contributed by atoms with Gasteiger partial charge in [0, 0.05) is 12.1 Å². The van der Waals surface area contributed by atoms with Gasteiger partial charge in [-0.05, 0) is 18.1 Å². The Morgan fingerprint density at radius 3 is 2.57 bits per heavy atom. The molecule has 0 aliphatic heterocycles. The van der Waals surface area contributed by atoms with Gasteiger partial charge >= 0.3 is 0 Å². The fourth-order valence-electron chi connectivity index (χ4n) is 1.93. The normalized spacial score (nSPS) is 13.3. The smallest absolute Gasteiger partial charge is 0.244 e. The Kier molecular flexibility index (Phi) is 6.65. The molecule has 1 amide bonds. The van der Waals surface area contributed by atoms with Gasteiger partial charge in [0.25, 0.3) is 0 Å². The van der Waals surface area contributed by atoms with Crippen molar-refractivity contribution in [2.45, 2.75) is 32.9 Å². The van der Waals surface area contributed by atoms with Crippen molar-refractivity contribution in [3.63, 3.8) is 0 Å². The van der Waals surface area contributed by atoms with Crippen molar-refractivity contribution in [2.75, 3.05) is 6.54 Å². The summed E-state index contributed by atoms with van der Waals surface area (Å²) in [5.74, 6) is 0.544. The predicted molar refractivity (Wildman–Crippen MR) is 90.9 cm³/mol. The molecule has 0 radical (unpaired) electrons. The first-order valence-electron chi connectivity index (χ1n) is 7.29. The van der Waals surface area contributed by atoms with E-state index in [9.17, 15) is 4.79 Å². The number of halogens is 1. The van der Waals surface area contributed by atoms with Crippen LogP contribution in [0, 0.1) is 5.92 Å². The fourth-order valence-corrected chi connectivity index (χ4v) is 1.93. The van der Waals surface area contributed by atoms with E-state index in [0.717, 1.165) is 5.56 Å². The third kappa shape index (κ3) is 4.74. The second kappa shape index (κ2) is 8.03. The predicted octanol–water partition coefficient (Wildman–Crippen LogP) is 1.25. The Morgan fingerprint density at radius 1 is 1.35 bits per heavy atom. The summed E-state index contributed by atoms with van der Waals surface area (Å²) in [5, 5.41) is 15.1. The van der Waals surface area contributed by atoms with Crippen molar-refractivity contribution in [1.82, 2.24) is 25.5 Å². The molecule has 7 nitrogen and oxygen atoms in total. The van der Waals surface area contributed by atoms with Crippen molar-refractivity contribution >= 4 is 18.3 Å². The maximum Gasteiger partial charge on any atom is 0.244 e. The van der Waals surface area contributed by atoms with Gasteiger partial charge in [0.2, 0.25) is 11.7 Å². The molecule has 0 saturated heterocycles. The van der Waals surface area contributed by atoms with Crippen molar-refractivity contribution in [1.29, 1.82) is 0 Å². The molecule has 23 heavy (non-hydrogen) atoms. The van der Waals surface area contributed by atoms with Crippen LogP contribution in [0.25, 0.3) is 11.4 Å². The summed E-state index contributed by atoms with van der Waals surface area (Å²) in [6, 6.07) is 9.51. The lowest BCUT2D eigenvalue weighted by molar-refractivity contribution is -0.124. The standard InChI is InChI=1S/C15H22N6O.ClH/c1-11(2)15(3,10-16)17-13(22)9-21-19-14(18-20-21)12-7-5-4-6-8-12;/h4-8,11H,9-10,16H2,1-3H3,(H,17,22);1H. The molecule has 1 aromatic carbocycles. The Balaban J connectivity index is 0.00000264. The maximum atomic E-state index is 12.1. The minimum Gasteiger partial charge on any atom is -0.348 e. The average Bonchev–Trinajstić information content (AvgIpc) is 2.96. The van der Waals surface area contributed by atoms with E-state index < -0.39 is 5.54 Å². The van der Waals surface area contributed by atoms with Crippen molar-refractivity contribution < 1.29 is 4.79 Å². The van der Waals surface area contributed by atoms with Crippen LogP contribution >= 0.6 is 12.4 Å². The number of nitrogens with zero attached hydrogens (tertiary/aromatic N) is 4. The van der Waals surface area contributed by atoms with E-state index >= 15 is 0 Å². The van der Waals surface area contributed by atoms with Gasteiger partial charge in [-0.1, -0.05) is 44.2 Å². The zero-order chi connectivity index (χ0) is 16.2. The van der Waals surface area contributed by atoms with E-state index in [1.165, 1.54) is 4.80 Å². The van der Waals surface area contributed by atoms with Crippen LogP contribution in [-0.4, -0.2) is 38.2 Å². The van der Waals surface area contributed by atoms with Crippen LogP contribution in [0.1, 0.15) is 20.8 Å². The molecule has 126 valence electrons. The highest BCUT2D eigenvalue weighted by Gasteiger charge is 2.28. The molecular formula is C15H23ClN6O. The summed E-state index contributed by atoms with van der Waals surface area (Å²) in [5.41, 5.74) is 6.18. The molecule has 3 N–H and O–H groups in total. The van der Waals surface area contributed by atoms with Gasteiger partial charge in [-0.2, -0.15) is 4.80 Å². The molecular weight excluding hydrogens is 316 g/mol. The molecule has 2 aromatic rings. The van der Waals surface area contributed by atoms with Crippen LogP contribution < -0.4 is 11.1 Å². The second-order valence-corrected chi connectivity index (χ2v) is 5.83. The third-order valence-corrected chi connectivity index (χ3v) is 3.89. The number of tetrazole rings is 1. The minimum absolute atomic E-state index is 0. The zero-order valence-electron chi connectivity index (χ0n) is 13.6. The van der Waals surface area contributed by atoms with Crippen molar-refractivity contribution in [3.05, 3.63) is 30.3 Å². The summed E-state index contributed by atoms with van der Waals surface area (Å²) in [7, 11) is 0. The largest absolute Gasteiger partial charge is 0.348 e. The van der Waals surface area contributed by atoms with Crippen LogP contribution in [0.2, 0.25) is 0 Å². The van der Waals surface area contributed by atoms with Gasteiger partial charge in [-0.3, -0.25) is 4.79 Å². The summed E-state index contributed by atoms with van der Waals surface area (Å²) >= 11 is 0. The highest BCUT2D eigenvalue weighted by Crippen LogP contribution is 2.15. The summed E-state index contributed by atoms with van der Waals surface area (Å²) < 4.78 is 0. The second-order valence-electron chi connectivity index (χ2n) is 5.83. The van der Waals surface area contributed by atoms with Gasteiger partial charge in [0.15, 0.2) is 0 Å². The highest BCUT2D eigenvalue weighted by atomic mass is 35.5. The number of nitrogens with two attached hydrogens (primary N) is 1. The van der Waals surface area contributed by atoms with E-state index in [4.69, 9.17) is 5.73 Å². The number of hydrogen-bond donors (Lipinski definition) is 2. The van der Waals surface area contributed by atoms with Crippen LogP contribution in [0.5, 0.6) is 0 Å². The van der Waals surface area contributed by atoms with Gasteiger partial charge in [0.1, 0.15) is 6.54 Å². The molecule has 2 rings (SSSR count). The molecule has 0 spiro atoms. The van der Waals surface area contributed by atoms with Crippen molar-refractivity contribution in [2.24, 2.45) is 11.7 Å². The van der Waals surface area contributed by atoms with Crippen LogP contribution in [-0.2, 0) is 11.3 Å². The first kappa shape index (κ1) is 19.1. The Morgan fingerprint density at radius 2 is 2.00 bits per heavy atom. The topological polar surface area (TPSA) is 98.7 Å². The van der Waals surface area contributed by atoms with Crippen molar-refractivity contribution in [3.8, 4) is 11.4 Å². The molecule has 0 fully saturated rings. The number of amides is 1. The van der Waals surface area contributed by atoms with Crippen LogP contribution in [0.4, 0.5) is 0 Å². The molecule has 1 heterocycles. The van der Waals surface area contributed by atoms with E-state index in [-0.39, 0.29) is 30.8 Å².